The number of nitrogens with one attached hydrogen (secondary N) is 2. The maximum absolute atomic E-state index is 13.3. The molecule has 0 bridgehead atoms. The molecule has 5 heterocycles. The number of carboxylic acids is 1. The van der Waals surface area contributed by atoms with Gasteiger partial charge in [0.2, 0.25) is 0 Å². The van der Waals surface area contributed by atoms with Crippen LogP contribution in [0.5, 0.6) is 0 Å². The summed E-state index contributed by atoms with van der Waals surface area (Å²) in [4.78, 5) is 42.5. The number of halogens is 4. The van der Waals surface area contributed by atoms with Gasteiger partial charge in [0, 0.05) is 109 Å². The van der Waals surface area contributed by atoms with Crippen molar-refractivity contribution in [2.24, 2.45) is 0 Å². The lowest BCUT2D eigenvalue weighted by Crippen LogP contribution is -2.48. The number of para-hydroxylation sites is 1. The first kappa shape index (κ1) is 42.0. The Hall–Kier alpha value is -5.72. The molecule has 0 saturated carbocycles. The Morgan fingerprint density at radius 2 is 1.18 bits per heavy atom. The molecular weight excluding hydrogens is 854 g/mol. The number of nitrogens with zero attached hydrogens (tertiary/aromatic N) is 6. The smallest absolute Gasteiger partial charge is 0.336 e. The SMILES string of the molecule is O=C(O)c1ccccc1-c1cnc2c(c1)N(Cc1cc(Cl)ccc1Cl)CCN2.O=C(c1cnc2c(c1)N(Cc1cc(Cl)ccc1Cl)CCN2)N1CCN(c2ccccc2)CC1. The highest BCUT2D eigenvalue weighted by Gasteiger charge is 2.26. The summed E-state index contributed by atoms with van der Waals surface area (Å²) in [6.45, 7) is 7.26. The summed E-state index contributed by atoms with van der Waals surface area (Å²) < 4.78 is 0. The van der Waals surface area contributed by atoms with Gasteiger partial charge in [-0.1, -0.05) is 82.8 Å². The van der Waals surface area contributed by atoms with Crippen LogP contribution in [-0.2, 0) is 13.1 Å². The van der Waals surface area contributed by atoms with Gasteiger partial charge in [-0.25, -0.2) is 14.8 Å². The van der Waals surface area contributed by atoms with Gasteiger partial charge in [0.25, 0.3) is 5.91 Å². The number of aromatic nitrogens is 2. The summed E-state index contributed by atoms with van der Waals surface area (Å²) in [7, 11) is 0. The summed E-state index contributed by atoms with van der Waals surface area (Å²) in [5, 5.41) is 18.7. The lowest BCUT2D eigenvalue weighted by Gasteiger charge is -2.36. The van der Waals surface area contributed by atoms with E-state index in [4.69, 9.17) is 46.4 Å². The van der Waals surface area contributed by atoms with Crippen LogP contribution in [0.3, 0.4) is 0 Å². The van der Waals surface area contributed by atoms with E-state index in [2.05, 4.69) is 47.4 Å². The number of hydrogen-bond acceptors (Lipinski definition) is 9. The van der Waals surface area contributed by atoms with E-state index in [-0.39, 0.29) is 11.5 Å². The molecule has 312 valence electrons. The molecule has 6 aromatic rings. The molecule has 0 aliphatic carbocycles. The van der Waals surface area contributed by atoms with Gasteiger partial charge in [-0.15, -0.1) is 0 Å². The van der Waals surface area contributed by atoms with E-state index in [1.165, 1.54) is 5.69 Å². The maximum atomic E-state index is 13.3. The van der Waals surface area contributed by atoms with Gasteiger partial charge in [-0.05, 0) is 83.4 Å². The van der Waals surface area contributed by atoms with Gasteiger partial charge in [0.05, 0.1) is 22.5 Å². The second kappa shape index (κ2) is 18.9. The fourth-order valence-corrected chi connectivity index (χ4v) is 8.51. The lowest BCUT2D eigenvalue weighted by molar-refractivity contribution is 0.0696. The molecule has 3 N–H and O–H groups in total. The van der Waals surface area contributed by atoms with Gasteiger partial charge in [0.1, 0.15) is 11.6 Å². The summed E-state index contributed by atoms with van der Waals surface area (Å²) in [6.07, 6.45) is 3.37. The number of carbonyl (C=O) groups excluding carboxylic acids is 1. The number of piperazine rings is 1. The molecule has 9 rings (SSSR count). The second-order valence-electron chi connectivity index (χ2n) is 14.8. The van der Waals surface area contributed by atoms with Crippen molar-refractivity contribution in [2.45, 2.75) is 13.1 Å². The Balaban J connectivity index is 0.000000171. The Bertz CT molecular complexity index is 2560. The van der Waals surface area contributed by atoms with E-state index in [1.807, 2.05) is 59.5 Å². The zero-order chi connectivity index (χ0) is 42.5. The predicted molar refractivity (Wildman–Crippen MR) is 247 cm³/mol. The molecule has 0 atom stereocenters. The number of hydrogen-bond donors (Lipinski definition) is 3. The number of carboxylic acid groups (broad SMARTS) is 1. The topological polar surface area (TPSA) is 117 Å². The van der Waals surface area contributed by atoms with Gasteiger partial charge < -0.3 is 35.3 Å². The van der Waals surface area contributed by atoms with Gasteiger partial charge in [0.15, 0.2) is 0 Å². The van der Waals surface area contributed by atoms with Crippen molar-refractivity contribution in [3.05, 3.63) is 158 Å². The number of fused-ring (bicyclic) bond motifs is 2. The molecule has 11 nitrogen and oxygen atoms in total. The highest BCUT2D eigenvalue weighted by atomic mass is 35.5. The van der Waals surface area contributed by atoms with Crippen molar-refractivity contribution in [3.63, 3.8) is 0 Å². The molecule has 1 fully saturated rings. The fourth-order valence-electron chi connectivity index (χ4n) is 7.76. The number of benzene rings is 4. The van der Waals surface area contributed by atoms with E-state index in [0.717, 1.165) is 79.0 Å². The predicted octanol–water partition coefficient (Wildman–Crippen LogP) is 9.97. The summed E-state index contributed by atoms with van der Waals surface area (Å²) >= 11 is 25.1. The summed E-state index contributed by atoms with van der Waals surface area (Å²) in [5.74, 6) is 0.601. The number of rotatable bonds is 8. The van der Waals surface area contributed by atoms with Crippen molar-refractivity contribution in [1.82, 2.24) is 14.9 Å². The quantitative estimate of drug-likeness (QED) is 0.136. The Morgan fingerprint density at radius 1 is 0.623 bits per heavy atom. The second-order valence-corrected chi connectivity index (χ2v) is 16.5. The van der Waals surface area contributed by atoms with Crippen LogP contribution in [0, 0.1) is 0 Å². The van der Waals surface area contributed by atoms with Crippen LogP contribution in [0.2, 0.25) is 20.1 Å². The molecule has 1 amide bonds. The third kappa shape index (κ3) is 9.76. The summed E-state index contributed by atoms with van der Waals surface area (Å²) in [5.41, 5.74) is 7.13. The molecule has 2 aromatic heterocycles. The maximum Gasteiger partial charge on any atom is 0.336 e. The molecule has 4 aromatic carbocycles. The molecule has 15 heteroatoms. The number of anilines is 5. The van der Waals surface area contributed by atoms with Crippen LogP contribution in [-0.4, -0.2) is 84.2 Å². The Labute approximate surface area is 374 Å². The van der Waals surface area contributed by atoms with E-state index in [9.17, 15) is 14.7 Å². The molecule has 0 unspecified atom stereocenters. The first-order chi connectivity index (χ1) is 29.6. The molecular formula is C46H42Cl4N8O3. The van der Waals surface area contributed by atoms with Crippen molar-refractivity contribution in [1.29, 1.82) is 0 Å². The van der Waals surface area contributed by atoms with E-state index in [0.29, 0.717) is 57.4 Å². The number of amides is 1. The molecule has 0 spiro atoms. The van der Waals surface area contributed by atoms with Crippen molar-refractivity contribution >= 4 is 87.0 Å². The number of pyridine rings is 2. The minimum absolute atomic E-state index is 0.0179. The van der Waals surface area contributed by atoms with Crippen LogP contribution >= 0.6 is 46.4 Å². The van der Waals surface area contributed by atoms with Crippen LogP contribution in [0.25, 0.3) is 11.1 Å². The highest BCUT2D eigenvalue weighted by Crippen LogP contribution is 2.36. The molecule has 3 aliphatic heterocycles. The van der Waals surface area contributed by atoms with Crippen molar-refractivity contribution in [3.8, 4) is 11.1 Å². The number of aromatic carboxylic acids is 1. The molecule has 1 saturated heterocycles. The fraction of sp³-hybridized carbons (Fsp3) is 0.217. The van der Waals surface area contributed by atoms with Gasteiger partial charge in [-0.2, -0.15) is 0 Å². The van der Waals surface area contributed by atoms with Crippen LogP contribution < -0.4 is 25.3 Å². The highest BCUT2D eigenvalue weighted by molar-refractivity contribution is 6.34. The molecule has 3 aliphatic rings. The normalized spacial score (nSPS) is 14.5. The first-order valence-electron chi connectivity index (χ1n) is 19.9. The monoisotopic (exact) mass is 894 g/mol. The number of carbonyl (C=O) groups is 2. The van der Waals surface area contributed by atoms with E-state index >= 15 is 0 Å². The van der Waals surface area contributed by atoms with E-state index < -0.39 is 5.97 Å². The minimum Gasteiger partial charge on any atom is -0.478 e. The third-order valence-electron chi connectivity index (χ3n) is 10.9. The largest absolute Gasteiger partial charge is 0.478 e. The Morgan fingerprint density at radius 3 is 1.79 bits per heavy atom. The van der Waals surface area contributed by atoms with Crippen LogP contribution in [0.1, 0.15) is 31.8 Å². The average Bonchev–Trinajstić information content (AvgIpc) is 3.29. The van der Waals surface area contributed by atoms with Crippen LogP contribution in [0.4, 0.5) is 28.7 Å². The average molecular weight is 897 g/mol. The molecule has 0 radical (unpaired) electrons. The third-order valence-corrected chi connectivity index (χ3v) is 12.1. The zero-order valence-corrected chi connectivity index (χ0v) is 36.0. The van der Waals surface area contributed by atoms with Crippen LogP contribution in [0.15, 0.2) is 116 Å². The zero-order valence-electron chi connectivity index (χ0n) is 33.0. The van der Waals surface area contributed by atoms with E-state index in [1.54, 1.807) is 48.8 Å². The van der Waals surface area contributed by atoms with Gasteiger partial charge in [-0.3, -0.25) is 4.79 Å². The first-order valence-corrected chi connectivity index (χ1v) is 21.4. The lowest BCUT2D eigenvalue weighted by atomic mass is 10.0. The Kier molecular flexibility index (Phi) is 13.0. The van der Waals surface area contributed by atoms with Crippen molar-refractivity contribution in [2.75, 3.05) is 77.7 Å². The summed E-state index contributed by atoms with van der Waals surface area (Å²) in [6, 6.07) is 32.1. The standard InChI is InChI=1S/C25H25Cl2N5O.C21H17Cl2N3O2/c26-20-6-7-22(27)19(14-20)17-32-9-8-28-24-23(32)15-18(16-29-24)25(33)31-12-10-30(11-13-31)21-4-2-1-3-5-21;22-15-5-6-18(23)14(9-15)12-26-8-7-24-20-19(26)10-13(11-25-20)16-3-1-2-4-17(16)21(27)28/h1-7,14-16H,8-13,17H2,(H,28,29);1-6,9-11H,7-8,12H2,(H,24,25)(H,27,28). The van der Waals surface area contributed by atoms with Crippen molar-refractivity contribution < 1.29 is 14.7 Å². The molecule has 61 heavy (non-hydrogen) atoms. The van der Waals surface area contributed by atoms with Gasteiger partial charge >= 0.3 is 5.97 Å². The minimum atomic E-state index is -0.964.